The molecule has 17 heavy (non-hydrogen) atoms. The normalized spacial score (nSPS) is 12.6. The lowest BCUT2D eigenvalue weighted by molar-refractivity contribution is -0.138. The summed E-state index contributed by atoms with van der Waals surface area (Å²) >= 11 is 0. The zero-order valence-corrected chi connectivity index (χ0v) is 9.56. The molecular formula is C12H13NO4. The number of carboxylic acid groups (broad SMARTS) is 1. The van der Waals surface area contributed by atoms with Crippen molar-refractivity contribution >= 4 is 16.9 Å². The minimum absolute atomic E-state index is 0.380. The van der Waals surface area contributed by atoms with Gasteiger partial charge < -0.3 is 20.0 Å². The van der Waals surface area contributed by atoms with Crippen LogP contribution in [0, 0.1) is 6.92 Å². The molecule has 0 bridgehead atoms. The topological polar surface area (TPSA) is 85.7 Å². The first kappa shape index (κ1) is 11.5. The van der Waals surface area contributed by atoms with Crippen molar-refractivity contribution in [2.24, 2.45) is 5.73 Å². The number of aryl methyl sites for hydroxylation is 1. The van der Waals surface area contributed by atoms with E-state index in [9.17, 15) is 4.79 Å². The Kier molecular flexibility index (Phi) is 2.77. The second-order valence-corrected chi connectivity index (χ2v) is 3.78. The number of ether oxygens (including phenoxy) is 1. The van der Waals surface area contributed by atoms with Gasteiger partial charge in [0.25, 0.3) is 0 Å². The van der Waals surface area contributed by atoms with E-state index in [-0.39, 0.29) is 0 Å². The monoisotopic (exact) mass is 235 g/mol. The van der Waals surface area contributed by atoms with Crippen molar-refractivity contribution in [1.82, 2.24) is 0 Å². The Morgan fingerprint density at radius 2 is 2.24 bits per heavy atom. The number of carboxylic acids is 1. The Balaban J connectivity index is 2.68. The lowest BCUT2D eigenvalue weighted by Gasteiger charge is -2.12. The quantitative estimate of drug-likeness (QED) is 0.847. The Hall–Kier alpha value is -2.01. The zero-order valence-electron chi connectivity index (χ0n) is 9.56. The second-order valence-electron chi connectivity index (χ2n) is 3.78. The van der Waals surface area contributed by atoms with E-state index in [1.165, 1.54) is 7.11 Å². The van der Waals surface area contributed by atoms with E-state index in [2.05, 4.69) is 0 Å². The number of fused-ring (bicyclic) bond motifs is 1. The van der Waals surface area contributed by atoms with Crippen LogP contribution < -0.4 is 10.5 Å². The highest BCUT2D eigenvalue weighted by molar-refractivity contribution is 5.88. The maximum atomic E-state index is 10.9. The average molecular weight is 235 g/mol. The molecule has 0 aliphatic heterocycles. The van der Waals surface area contributed by atoms with Gasteiger partial charge in [-0.1, -0.05) is 12.1 Å². The summed E-state index contributed by atoms with van der Waals surface area (Å²) in [6.45, 7) is 1.82. The third-order valence-corrected chi connectivity index (χ3v) is 2.60. The molecule has 1 atom stereocenters. The van der Waals surface area contributed by atoms with E-state index in [0.29, 0.717) is 16.9 Å². The lowest BCUT2D eigenvalue weighted by atomic mass is 10.0. The molecule has 0 saturated carbocycles. The fraction of sp³-hybridized carbons (Fsp3) is 0.250. The van der Waals surface area contributed by atoms with Crippen LogP contribution in [0.15, 0.2) is 22.6 Å². The molecule has 0 aliphatic rings. The molecule has 5 heteroatoms. The summed E-state index contributed by atoms with van der Waals surface area (Å²) in [4.78, 5) is 10.9. The van der Waals surface area contributed by atoms with Crippen LogP contribution in [0.25, 0.3) is 11.0 Å². The molecule has 0 saturated heterocycles. The molecule has 1 heterocycles. The molecule has 0 fully saturated rings. The zero-order chi connectivity index (χ0) is 12.6. The van der Waals surface area contributed by atoms with Crippen molar-refractivity contribution < 1.29 is 19.1 Å². The van der Waals surface area contributed by atoms with Gasteiger partial charge in [0.05, 0.1) is 7.11 Å². The van der Waals surface area contributed by atoms with Gasteiger partial charge in [-0.05, 0) is 13.0 Å². The first-order valence-corrected chi connectivity index (χ1v) is 5.10. The van der Waals surface area contributed by atoms with Crippen molar-refractivity contribution in [2.45, 2.75) is 13.0 Å². The molecule has 3 N–H and O–H groups in total. The maximum absolute atomic E-state index is 10.9. The van der Waals surface area contributed by atoms with E-state index in [4.69, 9.17) is 20.0 Å². The van der Waals surface area contributed by atoms with Crippen LogP contribution in [-0.4, -0.2) is 18.2 Å². The highest BCUT2D eigenvalue weighted by atomic mass is 16.5. The summed E-state index contributed by atoms with van der Waals surface area (Å²) < 4.78 is 10.7. The number of nitrogens with two attached hydrogens (primary N) is 1. The number of methoxy groups -OCH3 is 1. The third kappa shape index (κ3) is 1.85. The predicted molar refractivity (Wildman–Crippen MR) is 62.1 cm³/mol. The van der Waals surface area contributed by atoms with E-state index < -0.39 is 12.0 Å². The number of hydrogen-bond donors (Lipinski definition) is 2. The number of furan rings is 1. The molecule has 2 rings (SSSR count). The summed E-state index contributed by atoms with van der Waals surface area (Å²) in [7, 11) is 1.46. The maximum Gasteiger partial charge on any atom is 0.325 e. The van der Waals surface area contributed by atoms with Crippen LogP contribution in [0.5, 0.6) is 5.75 Å². The molecule has 1 aromatic heterocycles. The standard InChI is InChI=1S/C12H13NO4/c1-6-5-7-3-4-8(9(13)12(14)15)11(16-2)10(7)17-6/h3-5,9H,13H2,1-2H3,(H,14,15). The fourth-order valence-corrected chi connectivity index (χ4v) is 1.81. The second kappa shape index (κ2) is 4.10. The molecular weight excluding hydrogens is 222 g/mol. The van der Waals surface area contributed by atoms with E-state index in [0.717, 1.165) is 11.1 Å². The van der Waals surface area contributed by atoms with Crippen molar-refractivity contribution in [3.63, 3.8) is 0 Å². The van der Waals surface area contributed by atoms with E-state index in [1.807, 2.05) is 13.0 Å². The summed E-state index contributed by atoms with van der Waals surface area (Å²) in [6, 6.07) is 4.15. The summed E-state index contributed by atoms with van der Waals surface area (Å²) in [5.74, 6) is 0.00998. The smallest absolute Gasteiger partial charge is 0.325 e. The van der Waals surface area contributed by atoms with Gasteiger partial charge >= 0.3 is 5.97 Å². The van der Waals surface area contributed by atoms with Gasteiger partial charge in [0.1, 0.15) is 11.8 Å². The highest BCUT2D eigenvalue weighted by Crippen LogP contribution is 2.34. The van der Waals surface area contributed by atoms with Crippen LogP contribution in [0.3, 0.4) is 0 Å². The lowest BCUT2D eigenvalue weighted by Crippen LogP contribution is -2.21. The van der Waals surface area contributed by atoms with Crippen molar-refractivity contribution in [3.8, 4) is 5.75 Å². The Labute approximate surface area is 97.8 Å². The molecule has 0 amide bonds. The number of aliphatic carboxylic acids is 1. The first-order valence-electron chi connectivity index (χ1n) is 5.10. The van der Waals surface area contributed by atoms with Gasteiger partial charge in [-0.15, -0.1) is 0 Å². The van der Waals surface area contributed by atoms with E-state index >= 15 is 0 Å². The SMILES string of the molecule is COc1c(C(N)C(=O)O)ccc2cc(C)oc12. The summed E-state index contributed by atoms with van der Waals surface area (Å²) in [6.07, 6.45) is 0. The van der Waals surface area contributed by atoms with Crippen LogP contribution >= 0.6 is 0 Å². The number of hydrogen-bond acceptors (Lipinski definition) is 4. The third-order valence-electron chi connectivity index (χ3n) is 2.60. The molecule has 1 unspecified atom stereocenters. The molecule has 0 spiro atoms. The number of benzene rings is 1. The van der Waals surface area contributed by atoms with Gasteiger partial charge in [-0.2, -0.15) is 0 Å². The fourth-order valence-electron chi connectivity index (χ4n) is 1.81. The van der Waals surface area contributed by atoms with Crippen LogP contribution in [0.2, 0.25) is 0 Å². The van der Waals surface area contributed by atoms with Crippen LogP contribution in [0.4, 0.5) is 0 Å². The molecule has 0 aliphatic carbocycles. The Morgan fingerprint density at radius 3 is 2.82 bits per heavy atom. The van der Waals surface area contributed by atoms with E-state index in [1.54, 1.807) is 12.1 Å². The van der Waals surface area contributed by atoms with Gasteiger partial charge in [-0.25, -0.2) is 0 Å². The number of rotatable bonds is 3. The number of carbonyl (C=O) groups is 1. The van der Waals surface area contributed by atoms with Crippen LogP contribution in [0.1, 0.15) is 17.4 Å². The summed E-state index contributed by atoms with van der Waals surface area (Å²) in [5, 5.41) is 9.78. The molecule has 0 radical (unpaired) electrons. The first-order chi connectivity index (χ1) is 8.04. The molecule has 5 nitrogen and oxygen atoms in total. The average Bonchev–Trinajstić information content (AvgIpc) is 2.66. The van der Waals surface area contributed by atoms with Crippen molar-refractivity contribution in [1.29, 1.82) is 0 Å². The largest absolute Gasteiger partial charge is 0.492 e. The molecule has 2 aromatic rings. The van der Waals surface area contributed by atoms with Crippen molar-refractivity contribution in [3.05, 3.63) is 29.5 Å². The Morgan fingerprint density at radius 1 is 1.53 bits per heavy atom. The summed E-state index contributed by atoms with van der Waals surface area (Å²) in [5.41, 5.74) is 6.52. The van der Waals surface area contributed by atoms with Crippen LogP contribution in [-0.2, 0) is 4.79 Å². The molecule has 90 valence electrons. The molecule has 1 aromatic carbocycles. The van der Waals surface area contributed by atoms with Gasteiger partial charge in [-0.3, -0.25) is 4.79 Å². The minimum Gasteiger partial charge on any atom is -0.492 e. The predicted octanol–water partition coefficient (Wildman–Crippen LogP) is 1.83. The Bertz CT molecular complexity index is 573. The van der Waals surface area contributed by atoms with Gasteiger partial charge in [0.15, 0.2) is 11.3 Å². The van der Waals surface area contributed by atoms with Gasteiger partial charge in [0, 0.05) is 10.9 Å². The van der Waals surface area contributed by atoms with Crippen molar-refractivity contribution in [2.75, 3.05) is 7.11 Å². The minimum atomic E-state index is -1.13. The van der Waals surface area contributed by atoms with Gasteiger partial charge in [0.2, 0.25) is 0 Å². The highest BCUT2D eigenvalue weighted by Gasteiger charge is 2.22.